The Hall–Kier alpha value is 0.310. The highest BCUT2D eigenvalue weighted by Gasteiger charge is 2.26. The second-order valence-corrected chi connectivity index (χ2v) is 5.32. The summed E-state index contributed by atoms with van der Waals surface area (Å²) in [6.45, 7) is 4.64. The van der Waals surface area contributed by atoms with Crippen LogP contribution in [0.2, 0.25) is 0 Å². The predicted molar refractivity (Wildman–Crippen MR) is 57.8 cm³/mol. The van der Waals surface area contributed by atoms with Gasteiger partial charge in [0, 0.05) is 11.3 Å². The van der Waals surface area contributed by atoms with E-state index < -0.39 is 0 Å². The fourth-order valence-corrected chi connectivity index (χ4v) is 3.45. The summed E-state index contributed by atoms with van der Waals surface area (Å²) < 4.78 is 0. The molecule has 1 fully saturated rings. The molecule has 0 aliphatic heterocycles. The van der Waals surface area contributed by atoms with Gasteiger partial charge in [-0.25, -0.2) is 0 Å². The number of hydrogen-bond acceptors (Lipinski definition) is 2. The minimum Gasteiger partial charge on any atom is -0.316 e. The van der Waals surface area contributed by atoms with Crippen molar-refractivity contribution >= 4 is 11.8 Å². The number of thioether (sulfide) groups is 1. The van der Waals surface area contributed by atoms with E-state index in [0.29, 0.717) is 0 Å². The lowest BCUT2D eigenvalue weighted by Gasteiger charge is -2.34. The van der Waals surface area contributed by atoms with Crippen molar-refractivity contribution in [3.8, 4) is 0 Å². The van der Waals surface area contributed by atoms with Gasteiger partial charge in [0.15, 0.2) is 0 Å². The molecule has 2 heteroatoms. The molecule has 1 saturated carbocycles. The third-order valence-corrected chi connectivity index (χ3v) is 4.09. The van der Waals surface area contributed by atoms with E-state index >= 15 is 0 Å². The van der Waals surface area contributed by atoms with E-state index in [2.05, 4.69) is 38.0 Å². The maximum absolute atomic E-state index is 3.44. The molecule has 0 heterocycles. The van der Waals surface area contributed by atoms with Gasteiger partial charge in [-0.15, -0.1) is 0 Å². The molecular formula is C10H21NS. The molecule has 0 radical (unpaired) electrons. The first kappa shape index (κ1) is 10.4. The third kappa shape index (κ3) is 2.67. The first-order valence-electron chi connectivity index (χ1n) is 5.06. The van der Waals surface area contributed by atoms with E-state index in [1.807, 2.05) is 0 Å². The van der Waals surface area contributed by atoms with Gasteiger partial charge in [-0.2, -0.15) is 11.8 Å². The van der Waals surface area contributed by atoms with Gasteiger partial charge < -0.3 is 5.32 Å². The molecule has 72 valence electrons. The van der Waals surface area contributed by atoms with E-state index in [-0.39, 0.29) is 0 Å². The lowest BCUT2D eigenvalue weighted by atomic mass is 9.87. The number of nitrogens with one attached hydrogen (secondary N) is 1. The quantitative estimate of drug-likeness (QED) is 0.728. The molecule has 0 saturated heterocycles. The van der Waals surface area contributed by atoms with Crippen molar-refractivity contribution in [2.75, 3.05) is 12.8 Å². The molecule has 0 amide bonds. The summed E-state index contributed by atoms with van der Waals surface area (Å²) in [7, 11) is 2.10. The van der Waals surface area contributed by atoms with Crippen LogP contribution in [0.3, 0.4) is 0 Å². The van der Waals surface area contributed by atoms with Crippen LogP contribution in [-0.4, -0.2) is 24.1 Å². The highest BCUT2D eigenvalue weighted by molar-refractivity contribution is 7.99. The van der Waals surface area contributed by atoms with Crippen LogP contribution >= 0.6 is 11.8 Å². The molecule has 0 spiro atoms. The van der Waals surface area contributed by atoms with Crippen LogP contribution in [0.4, 0.5) is 0 Å². The summed E-state index contributed by atoms with van der Waals surface area (Å²) >= 11 is 2.13. The van der Waals surface area contributed by atoms with Gasteiger partial charge in [0.25, 0.3) is 0 Å². The minimum atomic E-state index is 0.770. The minimum absolute atomic E-state index is 0.770. The van der Waals surface area contributed by atoms with E-state index in [4.69, 9.17) is 0 Å². The Labute approximate surface area is 80.7 Å². The van der Waals surface area contributed by atoms with Crippen LogP contribution < -0.4 is 5.32 Å². The lowest BCUT2D eigenvalue weighted by Crippen LogP contribution is -2.40. The first-order chi connectivity index (χ1) is 5.77. The largest absolute Gasteiger partial charge is 0.316 e. The topological polar surface area (TPSA) is 12.0 Å². The van der Waals surface area contributed by atoms with Gasteiger partial charge in [0.2, 0.25) is 0 Å². The molecule has 3 atom stereocenters. The van der Waals surface area contributed by atoms with Gasteiger partial charge in [-0.1, -0.05) is 13.8 Å². The zero-order valence-corrected chi connectivity index (χ0v) is 9.29. The van der Waals surface area contributed by atoms with Crippen molar-refractivity contribution in [3.05, 3.63) is 0 Å². The molecule has 1 rings (SSSR count). The summed E-state index contributed by atoms with van der Waals surface area (Å²) in [5.41, 5.74) is 0. The molecule has 0 bridgehead atoms. The smallest absolute Gasteiger partial charge is 0.0203 e. The highest BCUT2D eigenvalue weighted by atomic mass is 32.2. The van der Waals surface area contributed by atoms with Crippen molar-refractivity contribution in [2.24, 2.45) is 5.92 Å². The van der Waals surface area contributed by atoms with Crippen LogP contribution in [0.15, 0.2) is 0 Å². The van der Waals surface area contributed by atoms with E-state index in [0.717, 1.165) is 17.2 Å². The number of hydrogen-bond donors (Lipinski definition) is 1. The van der Waals surface area contributed by atoms with Gasteiger partial charge >= 0.3 is 0 Å². The fourth-order valence-electron chi connectivity index (χ4n) is 2.06. The van der Waals surface area contributed by atoms with Crippen LogP contribution in [0, 0.1) is 5.92 Å². The molecule has 0 aromatic rings. The Bertz CT molecular complexity index is 127. The molecule has 0 aromatic carbocycles. The lowest BCUT2D eigenvalue weighted by molar-refractivity contribution is 0.329. The zero-order chi connectivity index (χ0) is 8.97. The average Bonchev–Trinajstić information content (AvgIpc) is 2.05. The molecule has 1 aliphatic carbocycles. The summed E-state index contributed by atoms with van der Waals surface area (Å²) in [5.74, 6) is 2.20. The predicted octanol–water partition coefficient (Wildman–Crippen LogP) is 2.52. The SMILES string of the molecule is CCSC1CC(C)CCC1NC. The normalized spacial score (nSPS) is 36.8. The number of rotatable bonds is 3. The van der Waals surface area contributed by atoms with Crippen molar-refractivity contribution in [2.45, 2.75) is 44.4 Å². The van der Waals surface area contributed by atoms with Crippen molar-refractivity contribution in [1.82, 2.24) is 5.32 Å². The van der Waals surface area contributed by atoms with Gasteiger partial charge in [0.05, 0.1) is 0 Å². The Balaban J connectivity index is 2.40. The molecular weight excluding hydrogens is 166 g/mol. The molecule has 12 heavy (non-hydrogen) atoms. The van der Waals surface area contributed by atoms with Crippen molar-refractivity contribution < 1.29 is 0 Å². The van der Waals surface area contributed by atoms with Crippen LogP contribution in [0.25, 0.3) is 0 Å². The van der Waals surface area contributed by atoms with Crippen LogP contribution in [-0.2, 0) is 0 Å². The second kappa shape index (κ2) is 5.13. The highest BCUT2D eigenvalue weighted by Crippen LogP contribution is 2.31. The molecule has 1 N–H and O–H groups in total. The van der Waals surface area contributed by atoms with E-state index in [9.17, 15) is 0 Å². The van der Waals surface area contributed by atoms with Crippen molar-refractivity contribution in [3.63, 3.8) is 0 Å². The first-order valence-corrected chi connectivity index (χ1v) is 6.11. The summed E-state index contributed by atoms with van der Waals surface area (Å²) in [6, 6.07) is 0.770. The Kier molecular flexibility index (Phi) is 4.44. The fraction of sp³-hybridized carbons (Fsp3) is 1.00. The Morgan fingerprint density at radius 3 is 2.75 bits per heavy atom. The van der Waals surface area contributed by atoms with Crippen LogP contribution in [0.5, 0.6) is 0 Å². The van der Waals surface area contributed by atoms with E-state index in [1.54, 1.807) is 0 Å². The molecule has 1 nitrogen and oxygen atoms in total. The van der Waals surface area contributed by atoms with Gasteiger partial charge in [-0.05, 0) is 38.0 Å². The Morgan fingerprint density at radius 1 is 1.42 bits per heavy atom. The molecule has 3 unspecified atom stereocenters. The standard InChI is InChI=1S/C10H21NS/c1-4-12-10-7-8(2)5-6-9(10)11-3/h8-11H,4-7H2,1-3H3. The monoisotopic (exact) mass is 187 g/mol. The molecule has 0 aromatic heterocycles. The second-order valence-electron chi connectivity index (χ2n) is 3.81. The maximum Gasteiger partial charge on any atom is 0.0203 e. The Morgan fingerprint density at radius 2 is 2.17 bits per heavy atom. The zero-order valence-electron chi connectivity index (χ0n) is 8.47. The maximum atomic E-state index is 3.44. The van der Waals surface area contributed by atoms with Crippen LogP contribution in [0.1, 0.15) is 33.1 Å². The van der Waals surface area contributed by atoms with Gasteiger partial charge in [-0.3, -0.25) is 0 Å². The molecule has 1 aliphatic rings. The summed E-state index contributed by atoms with van der Waals surface area (Å²) in [6.07, 6.45) is 4.19. The van der Waals surface area contributed by atoms with E-state index in [1.165, 1.54) is 25.0 Å². The third-order valence-electron chi connectivity index (χ3n) is 2.81. The van der Waals surface area contributed by atoms with Gasteiger partial charge in [0.1, 0.15) is 0 Å². The average molecular weight is 187 g/mol. The summed E-state index contributed by atoms with van der Waals surface area (Å²) in [4.78, 5) is 0. The van der Waals surface area contributed by atoms with Crippen molar-refractivity contribution in [1.29, 1.82) is 0 Å². The summed E-state index contributed by atoms with van der Waals surface area (Å²) in [5, 5.41) is 4.30.